The molecule has 0 aliphatic heterocycles. The molecular weight excluding hydrogens is 410 g/mol. The summed E-state index contributed by atoms with van der Waals surface area (Å²) in [6.45, 7) is 3.94. The molecule has 7 heteroatoms. The van der Waals surface area contributed by atoms with Gasteiger partial charge in [0.2, 0.25) is 5.75 Å². The van der Waals surface area contributed by atoms with Crippen LogP contribution in [-0.2, 0) is 11.2 Å². The number of benzene rings is 1. The van der Waals surface area contributed by atoms with Crippen molar-refractivity contribution in [2.45, 2.75) is 58.0 Å². The van der Waals surface area contributed by atoms with Gasteiger partial charge < -0.3 is 23.9 Å². The highest BCUT2D eigenvalue weighted by atomic mass is 16.5. The van der Waals surface area contributed by atoms with Crippen molar-refractivity contribution in [3.05, 3.63) is 40.2 Å². The summed E-state index contributed by atoms with van der Waals surface area (Å²) < 4.78 is 22.1. The first kappa shape index (κ1) is 22.2. The molecule has 4 rings (SSSR count). The van der Waals surface area contributed by atoms with Gasteiger partial charge in [0.05, 0.1) is 21.3 Å². The number of ether oxygens (including phenoxy) is 4. The lowest BCUT2D eigenvalue weighted by Gasteiger charge is -2.24. The lowest BCUT2D eigenvalue weighted by molar-refractivity contribution is 0.0219. The van der Waals surface area contributed by atoms with E-state index in [4.69, 9.17) is 18.9 Å². The minimum atomic E-state index is -0.368. The zero-order valence-electron chi connectivity index (χ0n) is 19.4. The average molecular weight is 442 g/mol. The van der Waals surface area contributed by atoms with Crippen LogP contribution in [0, 0.1) is 12.8 Å². The summed E-state index contributed by atoms with van der Waals surface area (Å²) in [6.07, 6.45) is 3.95. The Morgan fingerprint density at radius 2 is 1.72 bits per heavy atom. The Hall–Kier alpha value is -2.96. The summed E-state index contributed by atoms with van der Waals surface area (Å²) in [6, 6.07) is 3.77. The smallest absolute Gasteiger partial charge is 0.355 e. The van der Waals surface area contributed by atoms with Crippen LogP contribution in [0.15, 0.2) is 12.1 Å². The fourth-order valence-electron chi connectivity index (χ4n) is 5.09. The molecule has 0 spiro atoms. The van der Waals surface area contributed by atoms with Crippen LogP contribution in [-0.4, -0.2) is 44.2 Å². The number of H-pyrrole nitrogens is 1. The van der Waals surface area contributed by atoms with Gasteiger partial charge in [0.1, 0.15) is 11.8 Å². The minimum Gasteiger partial charge on any atom is -0.493 e. The van der Waals surface area contributed by atoms with Crippen LogP contribution in [0.25, 0.3) is 0 Å². The van der Waals surface area contributed by atoms with E-state index in [1.807, 2.05) is 19.1 Å². The number of hydrogen-bond donors (Lipinski definition) is 1. The van der Waals surface area contributed by atoms with Gasteiger partial charge in [-0.25, -0.2) is 4.79 Å². The van der Waals surface area contributed by atoms with Crippen LogP contribution in [0.5, 0.6) is 17.2 Å². The fraction of sp³-hybridized carbons (Fsp3) is 0.520. The number of Topliss-reactive ketones (excluding diaryl/α,β-unsaturated/α-hetero) is 1. The van der Waals surface area contributed by atoms with Crippen molar-refractivity contribution < 1.29 is 28.5 Å². The third-order valence-electron chi connectivity index (χ3n) is 6.89. The number of hydrogen-bond acceptors (Lipinski definition) is 6. The molecule has 1 N–H and O–H groups in total. The van der Waals surface area contributed by atoms with Crippen LogP contribution < -0.4 is 14.2 Å². The normalized spacial score (nSPS) is 22.4. The van der Waals surface area contributed by atoms with Gasteiger partial charge in [-0.05, 0) is 67.7 Å². The predicted molar refractivity (Wildman–Crippen MR) is 119 cm³/mol. The minimum absolute atomic E-state index is 0.0204. The van der Waals surface area contributed by atoms with E-state index in [0.717, 1.165) is 30.5 Å². The van der Waals surface area contributed by atoms with Crippen molar-refractivity contribution in [1.29, 1.82) is 0 Å². The summed E-state index contributed by atoms with van der Waals surface area (Å²) in [5, 5.41) is 0. The van der Waals surface area contributed by atoms with E-state index in [1.165, 1.54) is 0 Å². The second kappa shape index (κ2) is 8.88. The van der Waals surface area contributed by atoms with Gasteiger partial charge in [-0.2, -0.15) is 0 Å². The zero-order chi connectivity index (χ0) is 23.0. The molecule has 1 heterocycles. The molecule has 2 aromatic rings. The number of esters is 1. The van der Waals surface area contributed by atoms with Crippen LogP contribution in [0.3, 0.4) is 0 Å². The molecule has 1 aromatic carbocycles. The third-order valence-corrected chi connectivity index (χ3v) is 6.89. The number of methoxy groups -OCH3 is 3. The summed E-state index contributed by atoms with van der Waals surface area (Å²) in [5.41, 5.74) is 3.41. The number of rotatable bonds is 6. The van der Waals surface area contributed by atoms with Gasteiger partial charge >= 0.3 is 5.97 Å². The second-order valence-corrected chi connectivity index (χ2v) is 8.82. The molecule has 0 unspecified atom stereocenters. The lowest BCUT2D eigenvalue weighted by atomic mass is 9.81. The summed E-state index contributed by atoms with van der Waals surface area (Å²) >= 11 is 0. The molecule has 1 aromatic heterocycles. The molecule has 0 amide bonds. The van der Waals surface area contributed by atoms with E-state index in [1.54, 1.807) is 21.3 Å². The maximum Gasteiger partial charge on any atom is 0.355 e. The Balaban J connectivity index is 1.62. The van der Waals surface area contributed by atoms with Gasteiger partial charge in [0, 0.05) is 17.7 Å². The van der Waals surface area contributed by atoms with Crippen molar-refractivity contribution in [2.75, 3.05) is 21.3 Å². The standard InChI is InChI=1S/C25H31NO6/c1-13-7-6-8-19(13)32-25(28)23-14(2)22-17(26-23)9-15(10-18(22)27)16-11-20(29-3)24(31-5)21(12-16)30-4/h11-13,15,19,26H,6-10H2,1-5H3/t13-,15+,19-/m1/s1. The Morgan fingerprint density at radius 1 is 1.03 bits per heavy atom. The van der Waals surface area contributed by atoms with Gasteiger partial charge in [-0.15, -0.1) is 0 Å². The Kier molecular flexibility index (Phi) is 6.17. The van der Waals surface area contributed by atoms with Crippen molar-refractivity contribution in [3.63, 3.8) is 0 Å². The molecule has 2 aliphatic carbocycles. The number of carbonyl (C=O) groups is 2. The quantitative estimate of drug-likeness (QED) is 0.659. The molecule has 1 fully saturated rings. The van der Waals surface area contributed by atoms with Crippen LogP contribution in [0.4, 0.5) is 0 Å². The largest absolute Gasteiger partial charge is 0.493 e. The first-order chi connectivity index (χ1) is 15.4. The number of ketones is 1. The zero-order valence-corrected chi connectivity index (χ0v) is 19.4. The topological polar surface area (TPSA) is 86.9 Å². The molecule has 32 heavy (non-hydrogen) atoms. The highest BCUT2D eigenvalue weighted by Gasteiger charge is 2.34. The molecule has 0 bridgehead atoms. The monoisotopic (exact) mass is 441 g/mol. The summed E-state index contributed by atoms with van der Waals surface area (Å²) in [5.74, 6) is 1.58. The van der Waals surface area contributed by atoms with E-state index in [-0.39, 0.29) is 23.8 Å². The van der Waals surface area contributed by atoms with E-state index in [9.17, 15) is 9.59 Å². The lowest BCUT2D eigenvalue weighted by Crippen LogP contribution is -2.21. The molecule has 0 radical (unpaired) electrons. The first-order valence-corrected chi connectivity index (χ1v) is 11.1. The maximum atomic E-state index is 13.1. The van der Waals surface area contributed by atoms with E-state index < -0.39 is 0 Å². The molecule has 2 aliphatic rings. The number of aromatic nitrogens is 1. The van der Waals surface area contributed by atoms with E-state index >= 15 is 0 Å². The van der Waals surface area contributed by atoms with Crippen molar-refractivity contribution in [2.24, 2.45) is 5.92 Å². The average Bonchev–Trinajstić information content (AvgIpc) is 3.35. The highest BCUT2D eigenvalue weighted by Crippen LogP contribution is 2.43. The van der Waals surface area contributed by atoms with Crippen molar-refractivity contribution >= 4 is 11.8 Å². The first-order valence-electron chi connectivity index (χ1n) is 11.1. The molecule has 3 atom stereocenters. The maximum absolute atomic E-state index is 13.1. The number of nitrogens with one attached hydrogen (secondary N) is 1. The molecule has 7 nitrogen and oxygen atoms in total. The Bertz CT molecular complexity index is 1010. The van der Waals surface area contributed by atoms with Crippen LogP contribution >= 0.6 is 0 Å². The SMILES string of the molecule is COc1cc([C@@H]2CC(=O)c3c([nH]c(C(=O)O[C@@H]4CCC[C@H]4C)c3C)C2)cc(OC)c1OC. The molecular formula is C25H31NO6. The fourth-order valence-corrected chi connectivity index (χ4v) is 5.09. The second-order valence-electron chi connectivity index (χ2n) is 8.82. The van der Waals surface area contributed by atoms with E-state index in [0.29, 0.717) is 52.8 Å². The number of carbonyl (C=O) groups excluding carboxylic acids is 2. The van der Waals surface area contributed by atoms with Gasteiger partial charge in [-0.1, -0.05) is 6.92 Å². The van der Waals surface area contributed by atoms with Gasteiger partial charge in [0.25, 0.3) is 0 Å². The summed E-state index contributed by atoms with van der Waals surface area (Å²) in [4.78, 5) is 29.2. The Morgan fingerprint density at radius 3 is 2.28 bits per heavy atom. The summed E-state index contributed by atoms with van der Waals surface area (Å²) in [7, 11) is 4.70. The van der Waals surface area contributed by atoms with Crippen molar-refractivity contribution in [1.82, 2.24) is 4.98 Å². The molecule has 1 saturated carbocycles. The number of aromatic amines is 1. The molecule has 172 valence electrons. The number of fused-ring (bicyclic) bond motifs is 1. The highest BCUT2D eigenvalue weighted by molar-refractivity contribution is 6.03. The Labute approximate surface area is 188 Å². The van der Waals surface area contributed by atoms with Crippen molar-refractivity contribution in [3.8, 4) is 17.2 Å². The van der Waals surface area contributed by atoms with E-state index in [2.05, 4.69) is 11.9 Å². The van der Waals surface area contributed by atoms with Gasteiger partial charge in [-0.3, -0.25) is 4.79 Å². The molecule has 0 saturated heterocycles. The predicted octanol–water partition coefficient (Wildman–Crippen LogP) is 4.61. The third kappa shape index (κ3) is 3.85. The van der Waals surface area contributed by atoms with Crippen LogP contribution in [0.1, 0.15) is 76.2 Å². The van der Waals surface area contributed by atoms with Gasteiger partial charge in [0.15, 0.2) is 17.3 Å². The van der Waals surface area contributed by atoms with Crippen LogP contribution in [0.2, 0.25) is 0 Å².